The van der Waals surface area contributed by atoms with Gasteiger partial charge in [0.1, 0.15) is 6.42 Å². The maximum absolute atomic E-state index is 11.4. The maximum Gasteiger partial charge on any atom is 0.311 e. The molecule has 3 nitrogen and oxygen atoms in total. The highest BCUT2D eigenvalue weighted by atomic mass is 35.5. The molecule has 0 aliphatic rings. The number of benzene rings is 1. The van der Waals surface area contributed by atoms with Crippen LogP contribution in [0.2, 0.25) is 15.1 Å². The van der Waals surface area contributed by atoms with Crippen LogP contribution >= 0.6 is 34.8 Å². The van der Waals surface area contributed by atoms with E-state index in [0.717, 1.165) is 0 Å². The van der Waals surface area contributed by atoms with Gasteiger partial charge in [-0.2, -0.15) is 0 Å². The molecule has 0 aliphatic heterocycles. The van der Waals surface area contributed by atoms with E-state index in [1.165, 1.54) is 12.1 Å². The van der Waals surface area contributed by atoms with Gasteiger partial charge in [0.15, 0.2) is 5.78 Å². The molecule has 0 atom stereocenters. The van der Waals surface area contributed by atoms with E-state index in [9.17, 15) is 9.59 Å². The first-order chi connectivity index (χ1) is 6.91. The Hall–Kier alpha value is -0.770. The summed E-state index contributed by atoms with van der Waals surface area (Å²) >= 11 is 17.1. The Morgan fingerprint density at radius 1 is 1.13 bits per heavy atom. The molecule has 0 unspecified atom stereocenters. The zero-order valence-corrected chi connectivity index (χ0v) is 9.53. The number of rotatable bonds is 3. The van der Waals surface area contributed by atoms with Crippen molar-refractivity contribution in [1.82, 2.24) is 0 Å². The molecule has 6 heteroatoms. The third kappa shape index (κ3) is 3.09. The van der Waals surface area contributed by atoms with Crippen molar-refractivity contribution in [2.45, 2.75) is 6.42 Å². The van der Waals surface area contributed by atoms with Crippen LogP contribution in [-0.4, -0.2) is 16.9 Å². The smallest absolute Gasteiger partial charge is 0.311 e. The van der Waals surface area contributed by atoms with E-state index in [0.29, 0.717) is 0 Å². The molecule has 0 saturated carbocycles. The van der Waals surface area contributed by atoms with Gasteiger partial charge in [-0.05, 0) is 12.1 Å². The lowest BCUT2D eigenvalue weighted by molar-refractivity contribution is -0.135. The zero-order valence-electron chi connectivity index (χ0n) is 7.26. The van der Waals surface area contributed by atoms with Crippen molar-refractivity contribution >= 4 is 46.6 Å². The van der Waals surface area contributed by atoms with Crippen LogP contribution in [0.1, 0.15) is 16.8 Å². The molecule has 0 amide bonds. The summed E-state index contributed by atoms with van der Waals surface area (Å²) in [7, 11) is 0. The van der Waals surface area contributed by atoms with E-state index in [1.54, 1.807) is 0 Å². The first-order valence-corrected chi connectivity index (χ1v) is 4.94. The Labute approximate surface area is 101 Å². The molecule has 1 rings (SSSR count). The van der Waals surface area contributed by atoms with Crippen LogP contribution in [0.5, 0.6) is 0 Å². The normalized spacial score (nSPS) is 10.1. The molecule has 0 heterocycles. The van der Waals surface area contributed by atoms with Gasteiger partial charge in [-0.3, -0.25) is 9.59 Å². The van der Waals surface area contributed by atoms with Crippen LogP contribution in [-0.2, 0) is 4.79 Å². The fraction of sp³-hybridized carbons (Fsp3) is 0.111. The molecule has 0 aromatic heterocycles. The van der Waals surface area contributed by atoms with Gasteiger partial charge < -0.3 is 5.11 Å². The van der Waals surface area contributed by atoms with E-state index in [4.69, 9.17) is 39.9 Å². The van der Waals surface area contributed by atoms with Gasteiger partial charge in [0, 0.05) is 5.02 Å². The molecule has 0 bridgehead atoms. The number of hydrogen-bond donors (Lipinski definition) is 1. The predicted molar refractivity (Wildman–Crippen MR) is 58.1 cm³/mol. The standard InChI is InChI=1S/C9H5Cl3O3/c10-4-1-5(11)9(6(12)2-4)7(13)3-8(14)15/h1-2H,3H2,(H,14,15). The van der Waals surface area contributed by atoms with Crippen LogP contribution in [0.15, 0.2) is 12.1 Å². The predicted octanol–water partition coefficient (Wildman–Crippen LogP) is 3.30. The van der Waals surface area contributed by atoms with Crippen molar-refractivity contribution in [3.05, 3.63) is 32.8 Å². The minimum Gasteiger partial charge on any atom is -0.481 e. The van der Waals surface area contributed by atoms with Crippen molar-refractivity contribution in [2.75, 3.05) is 0 Å². The van der Waals surface area contributed by atoms with E-state index < -0.39 is 18.2 Å². The zero-order chi connectivity index (χ0) is 11.6. The molecule has 0 spiro atoms. The highest BCUT2D eigenvalue weighted by Crippen LogP contribution is 2.29. The monoisotopic (exact) mass is 266 g/mol. The fourth-order valence-corrected chi connectivity index (χ4v) is 2.06. The van der Waals surface area contributed by atoms with Gasteiger partial charge in [0.25, 0.3) is 0 Å². The van der Waals surface area contributed by atoms with Crippen molar-refractivity contribution in [3.8, 4) is 0 Å². The summed E-state index contributed by atoms with van der Waals surface area (Å²) in [6, 6.07) is 2.67. The Morgan fingerprint density at radius 2 is 1.60 bits per heavy atom. The third-order valence-electron chi connectivity index (χ3n) is 1.60. The van der Waals surface area contributed by atoms with Crippen LogP contribution in [0.25, 0.3) is 0 Å². The first-order valence-electron chi connectivity index (χ1n) is 3.81. The van der Waals surface area contributed by atoms with Crippen molar-refractivity contribution in [2.24, 2.45) is 0 Å². The molecule has 1 aromatic rings. The first kappa shape index (κ1) is 12.3. The summed E-state index contributed by atoms with van der Waals surface area (Å²) in [5, 5.41) is 8.85. The van der Waals surface area contributed by atoms with Crippen LogP contribution in [0.3, 0.4) is 0 Å². The van der Waals surface area contributed by atoms with Crippen LogP contribution in [0, 0.1) is 0 Å². The number of hydrogen-bond acceptors (Lipinski definition) is 2. The lowest BCUT2D eigenvalue weighted by Gasteiger charge is -2.04. The number of aliphatic carboxylic acids is 1. The average Bonchev–Trinajstić information content (AvgIpc) is 1.99. The minimum atomic E-state index is -1.23. The van der Waals surface area contributed by atoms with Gasteiger partial charge in [0.2, 0.25) is 0 Å². The molecule has 15 heavy (non-hydrogen) atoms. The van der Waals surface area contributed by atoms with Gasteiger partial charge in [0.05, 0.1) is 15.6 Å². The second-order valence-electron chi connectivity index (χ2n) is 2.74. The summed E-state index contributed by atoms with van der Waals surface area (Å²) in [5.41, 5.74) is -0.00914. The number of Topliss-reactive ketones (excluding diaryl/α,β-unsaturated/α-hetero) is 1. The number of carbonyl (C=O) groups is 2. The minimum absolute atomic E-state index is 0.00914. The fourth-order valence-electron chi connectivity index (χ4n) is 1.03. The molecular weight excluding hydrogens is 262 g/mol. The Kier molecular flexibility index (Phi) is 3.97. The Balaban J connectivity index is 3.14. The summed E-state index contributed by atoms with van der Waals surface area (Å²) < 4.78 is 0. The Bertz CT molecular complexity index is 406. The summed E-state index contributed by atoms with van der Waals surface area (Å²) in [6.07, 6.45) is -0.652. The Morgan fingerprint density at radius 3 is 2.00 bits per heavy atom. The maximum atomic E-state index is 11.4. The largest absolute Gasteiger partial charge is 0.481 e. The molecule has 1 N–H and O–H groups in total. The van der Waals surface area contributed by atoms with E-state index in [2.05, 4.69) is 0 Å². The van der Waals surface area contributed by atoms with Gasteiger partial charge in [-0.15, -0.1) is 0 Å². The van der Waals surface area contributed by atoms with Crippen molar-refractivity contribution < 1.29 is 14.7 Å². The summed E-state index contributed by atoms with van der Waals surface area (Å²) in [4.78, 5) is 21.8. The van der Waals surface area contributed by atoms with Crippen molar-refractivity contribution in [1.29, 1.82) is 0 Å². The van der Waals surface area contributed by atoms with Crippen LogP contribution in [0.4, 0.5) is 0 Å². The molecule has 0 fully saturated rings. The lowest BCUT2D eigenvalue weighted by atomic mass is 10.1. The number of carbonyl (C=O) groups excluding carboxylic acids is 1. The summed E-state index contributed by atoms with van der Waals surface area (Å²) in [5.74, 6) is -1.88. The average molecular weight is 267 g/mol. The molecule has 0 saturated heterocycles. The van der Waals surface area contributed by atoms with E-state index in [-0.39, 0.29) is 20.6 Å². The van der Waals surface area contributed by atoms with Crippen molar-refractivity contribution in [3.63, 3.8) is 0 Å². The molecular formula is C9H5Cl3O3. The van der Waals surface area contributed by atoms with Gasteiger partial charge >= 0.3 is 5.97 Å². The number of ketones is 1. The number of carboxylic acid groups (broad SMARTS) is 1. The topological polar surface area (TPSA) is 54.4 Å². The highest BCUT2D eigenvalue weighted by Gasteiger charge is 2.18. The number of halogens is 3. The second-order valence-corrected chi connectivity index (χ2v) is 3.99. The lowest BCUT2D eigenvalue weighted by Crippen LogP contribution is -2.08. The third-order valence-corrected chi connectivity index (χ3v) is 2.41. The SMILES string of the molecule is O=C(O)CC(=O)c1c(Cl)cc(Cl)cc1Cl. The molecule has 0 aliphatic carbocycles. The number of carboxylic acids is 1. The van der Waals surface area contributed by atoms with Gasteiger partial charge in [-0.1, -0.05) is 34.8 Å². The van der Waals surface area contributed by atoms with E-state index in [1.807, 2.05) is 0 Å². The molecule has 80 valence electrons. The molecule has 0 radical (unpaired) electrons. The van der Waals surface area contributed by atoms with E-state index >= 15 is 0 Å². The van der Waals surface area contributed by atoms with Gasteiger partial charge in [-0.25, -0.2) is 0 Å². The summed E-state index contributed by atoms with van der Waals surface area (Å²) in [6.45, 7) is 0. The highest BCUT2D eigenvalue weighted by molar-refractivity contribution is 6.42. The van der Waals surface area contributed by atoms with Crippen LogP contribution < -0.4 is 0 Å². The molecule has 1 aromatic carbocycles. The second kappa shape index (κ2) is 4.84. The quantitative estimate of drug-likeness (QED) is 0.675.